The number of piperidine rings is 1. The van der Waals surface area contributed by atoms with E-state index in [2.05, 4.69) is 15.2 Å². The third kappa shape index (κ3) is 9.03. The summed E-state index contributed by atoms with van der Waals surface area (Å²) in [7, 11) is -1.41. The third-order valence-electron chi connectivity index (χ3n) is 5.76. The van der Waals surface area contributed by atoms with E-state index in [1.807, 2.05) is 0 Å². The van der Waals surface area contributed by atoms with Crippen LogP contribution in [0, 0.1) is 11.8 Å². The number of aliphatic imine (C=N–C) groups is 1. The zero-order valence-electron chi connectivity index (χ0n) is 18.0. The number of rotatable bonds is 7. The molecule has 0 aromatic carbocycles. The van der Waals surface area contributed by atoms with Crippen LogP contribution in [0.4, 0.5) is 13.2 Å². The van der Waals surface area contributed by atoms with Crippen LogP contribution in [-0.2, 0) is 10.0 Å². The highest BCUT2D eigenvalue weighted by molar-refractivity contribution is 14.0. The molecule has 2 aliphatic heterocycles. The Morgan fingerprint density at radius 3 is 2.27 bits per heavy atom. The number of nitrogens with zero attached hydrogens (tertiary/aromatic N) is 4. The molecule has 0 aromatic rings. The molecular formula is C18H35F3IN5O2S. The number of hydrogen-bond donors (Lipinski definition) is 1. The molecule has 0 aromatic heterocycles. The number of alkyl halides is 3. The number of nitrogens with one attached hydrogen (secondary N) is 1. The molecule has 0 spiro atoms. The summed E-state index contributed by atoms with van der Waals surface area (Å²) in [6.45, 7) is 5.00. The molecule has 178 valence electrons. The van der Waals surface area contributed by atoms with Crippen LogP contribution < -0.4 is 5.32 Å². The first-order valence-corrected chi connectivity index (χ1v) is 12.1. The molecule has 0 saturated carbocycles. The molecule has 0 aliphatic carbocycles. The number of guanidine groups is 1. The molecule has 2 rings (SSSR count). The first-order chi connectivity index (χ1) is 13.5. The Morgan fingerprint density at radius 2 is 1.77 bits per heavy atom. The maximum absolute atomic E-state index is 12.7. The van der Waals surface area contributed by atoms with Gasteiger partial charge in [-0.2, -0.15) is 13.2 Å². The van der Waals surface area contributed by atoms with E-state index in [0.717, 1.165) is 38.3 Å². The van der Waals surface area contributed by atoms with E-state index in [4.69, 9.17) is 0 Å². The highest BCUT2D eigenvalue weighted by Crippen LogP contribution is 2.22. The van der Waals surface area contributed by atoms with Gasteiger partial charge in [0.15, 0.2) is 5.96 Å². The lowest BCUT2D eigenvalue weighted by Gasteiger charge is -2.31. The minimum Gasteiger partial charge on any atom is -0.356 e. The summed E-state index contributed by atoms with van der Waals surface area (Å²) in [6, 6.07) is 0. The van der Waals surface area contributed by atoms with E-state index in [0.29, 0.717) is 38.6 Å². The van der Waals surface area contributed by atoms with Gasteiger partial charge in [-0.15, -0.1) is 24.0 Å². The van der Waals surface area contributed by atoms with Gasteiger partial charge in [0.1, 0.15) is 0 Å². The molecule has 2 heterocycles. The number of hydrogen-bond acceptors (Lipinski definition) is 4. The van der Waals surface area contributed by atoms with Crippen LogP contribution in [0.25, 0.3) is 0 Å². The van der Waals surface area contributed by atoms with E-state index in [9.17, 15) is 21.6 Å². The smallest absolute Gasteiger partial charge is 0.356 e. The third-order valence-corrected chi connectivity index (χ3v) is 7.06. The zero-order chi connectivity index (χ0) is 21.7. The van der Waals surface area contributed by atoms with Crippen LogP contribution >= 0.6 is 24.0 Å². The van der Waals surface area contributed by atoms with E-state index in [1.54, 1.807) is 14.0 Å². The Kier molecular flexibility index (Phi) is 11.1. The standard InChI is InChI=1S/C18H34F3N5O2S.HI/c1-4-24(14-18(19,20)21)12-16-5-8-25(13-16)17(22-2)23-11-15-6-9-26(10-7-15)29(3,27)28;/h15-16H,4-14H2,1-3H3,(H,22,23);1H. The van der Waals surface area contributed by atoms with Gasteiger partial charge in [0.05, 0.1) is 12.8 Å². The first kappa shape index (κ1) is 27.7. The number of likely N-dealkylation sites (tertiary alicyclic amines) is 1. The van der Waals surface area contributed by atoms with E-state index in [1.165, 1.54) is 15.5 Å². The van der Waals surface area contributed by atoms with Gasteiger partial charge in [0.25, 0.3) is 0 Å². The molecular weight excluding hydrogens is 534 g/mol. The van der Waals surface area contributed by atoms with Crippen molar-refractivity contribution in [1.82, 2.24) is 19.4 Å². The predicted octanol–water partition coefficient (Wildman–Crippen LogP) is 2.06. The fourth-order valence-electron chi connectivity index (χ4n) is 4.11. The summed E-state index contributed by atoms with van der Waals surface area (Å²) in [5, 5.41) is 3.38. The molecule has 30 heavy (non-hydrogen) atoms. The van der Waals surface area contributed by atoms with E-state index < -0.39 is 22.7 Å². The van der Waals surface area contributed by atoms with Crippen LogP contribution in [0.1, 0.15) is 26.2 Å². The Morgan fingerprint density at radius 1 is 1.17 bits per heavy atom. The van der Waals surface area contributed by atoms with Crippen molar-refractivity contribution in [2.24, 2.45) is 16.8 Å². The van der Waals surface area contributed by atoms with Crippen molar-refractivity contribution in [1.29, 1.82) is 0 Å². The van der Waals surface area contributed by atoms with Gasteiger partial charge in [-0.1, -0.05) is 6.92 Å². The highest BCUT2D eigenvalue weighted by atomic mass is 127. The van der Waals surface area contributed by atoms with Crippen molar-refractivity contribution in [2.75, 3.05) is 65.7 Å². The Labute approximate surface area is 195 Å². The molecule has 0 bridgehead atoms. The second-order valence-corrected chi connectivity index (χ2v) is 10.1. The lowest BCUT2D eigenvalue weighted by Crippen LogP contribution is -2.45. The molecule has 12 heteroatoms. The molecule has 1 atom stereocenters. The maximum atomic E-state index is 12.7. The van der Waals surface area contributed by atoms with Crippen molar-refractivity contribution < 1.29 is 21.6 Å². The average Bonchev–Trinajstić information content (AvgIpc) is 3.08. The summed E-state index contributed by atoms with van der Waals surface area (Å²) in [5.41, 5.74) is 0. The topological polar surface area (TPSA) is 68.2 Å². The molecule has 2 saturated heterocycles. The monoisotopic (exact) mass is 569 g/mol. The quantitative estimate of drug-likeness (QED) is 0.289. The van der Waals surface area contributed by atoms with Crippen LogP contribution in [0.15, 0.2) is 4.99 Å². The summed E-state index contributed by atoms with van der Waals surface area (Å²) in [5.74, 6) is 1.34. The molecule has 1 unspecified atom stereocenters. The fraction of sp³-hybridized carbons (Fsp3) is 0.944. The number of halogens is 4. The minimum absolute atomic E-state index is 0. The van der Waals surface area contributed by atoms with Gasteiger partial charge in [-0.3, -0.25) is 9.89 Å². The second kappa shape index (κ2) is 12.0. The van der Waals surface area contributed by atoms with Gasteiger partial charge in [-0.25, -0.2) is 12.7 Å². The highest BCUT2D eigenvalue weighted by Gasteiger charge is 2.33. The summed E-state index contributed by atoms with van der Waals surface area (Å²) in [6.07, 6.45) is -0.461. The average molecular weight is 569 g/mol. The zero-order valence-corrected chi connectivity index (χ0v) is 21.1. The van der Waals surface area contributed by atoms with Crippen molar-refractivity contribution in [3.63, 3.8) is 0 Å². The molecule has 7 nitrogen and oxygen atoms in total. The minimum atomic E-state index is -4.17. The predicted molar refractivity (Wildman–Crippen MR) is 124 cm³/mol. The van der Waals surface area contributed by atoms with Crippen LogP contribution in [0.5, 0.6) is 0 Å². The summed E-state index contributed by atoms with van der Waals surface area (Å²) in [4.78, 5) is 7.90. The Balaban J connectivity index is 0.00000450. The van der Waals surface area contributed by atoms with Crippen molar-refractivity contribution >= 4 is 40.0 Å². The first-order valence-electron chi connectivity index (χ1n) is 10.2. The normalized spacial score (nSPS) is 22.4. The summed E-state index contributed by atoms with van der Waals surface area (Å²) < 4.78 is 62.8. The van der Waals surface area contributed by atoms with Gasteiger partial charge < -0.3 is 10.2 Å². The Bertz CT molecular complexity index is 655. The van der Waals surface area contributed by atoms with Crippen LogP contribution in [0.3, 0.4) is 0 Å². The van der Waals surface area contributed by atoms with Crippen LogP contribution in [-0.4, -0.2) is 100 Å². The second-order valence-electron chi connectivity index (χ2n) is 8.08. The van der Waals surface area contributed by atoms with Crippen molar-refractivity contribution in [3.05, 3.63) is 0 Å². The molecule has 2 aliphatic rings. The molecule has 0 radical (unpaired) electrons. The van der Waals surface area contributed by atoms with Crippen molar-refractivity contribution in [3.8, 4) is 0 Å². The van der Waals surface area contributed by atoms with Gasteiger partial charge >= 0.3 is 6.18 Å². The lowest BCUT2D eigenvalue weighted by molar-refractivity contribution is -0.146. The van der Waals surface area contributed by atoms with Crippen LogP contribution in [0.2, 0.25) is 0 Å². The Hall–Kier alpha value is -0.340. The van der Waals surface area contributed by atoms with Gasteiger partial charge in [-0.05, 0) is 37.6 Å². The number of sulfonamides is 1. The molecule has 2 fully saturated rings. The SMILES string of the molecule is CCN(CC1CCN(C(=NC)NCC2CCN(S(C)(=O)=O)CC2)C1)CC(F)(F)F.I. The summed E-state index contributed by atoms with van der Waals surface area (Å²) >= 11 is 0. The molecule has 0 amide bonds. The lowest BCUT2D eigenvalue weighted by atomic mass is 9.98. The van der Waals surface area contributed by atoms with Gasteiger partial charge in [0.2, 0.25) is 10.0 Å². The van der Waals surface area contributed by atoms with E-state index >= 15 is 0 Å². The van der Waals surface area contributed by atoms with Crippen molar-refractivity contribution in [2.45, 2.75) is 32.4 Å². The largest absolute Gasteiger partial charge is 0.401 e. The fourth-order valence-corrected chi connectivity index (χ4v) is 4.99. The van der Waals surface area contributed by atoms with E-state index in [-0.39, 0.29) is 29.9 Å². The maximum Gasteiger partial charge on any atom is 0.401 e. The molecule has 1 N–H and O–H groups in total. The van der Waals surface area contributed by atoms with Gasteiger partial charge in [0, 0.05) is 46.3 Å².